The van der Waals surface area contributed by atoms with E-state index in [2.05, 4.69) is 10.6 Å². The van der Waals surface area contributed by atoms with Gasteiger partial charge in [0.15, 0.2) is 0 Å². The molecule has 0 atom stereocenters. The van der Waals surface area contributed by atoms with Crippen LogP contribution in [0.2, 0.25) is 0 Å². The van der Waals surface area contributed by atoms with Gasteiger partial charge in [-0.2, -0.15) is 0 Å². The maximum absolute atomic E-state index is 11.8. The maximum atomic E-state index is 11.8. The Hall–Kier alpha value is -1.26. The quantitative estimate of drug-likeness (QED) is 0.725. The number of aliphatic carboxylic acids is 1. The van der Waals surface area contributed by atoms with Crippen molar-refractivity contribution in [2.75, 3.05) is 6.54 Å². The summed E-state index contributed by atoms with van der Waals surface area (Å²) in [5.41, 5.74) is 0. The molecule has 0 aromatic rings. The van der Waals surface area contributed by atoms with E-state index in [1.807, 2.05) is 0 Å². The van der Waals surface area contributed by atoms with Crippen LogP contribution in [-0.4, -0.2) is 29.7 Å². The molecular formula is C15H26N2O3. The van der Waals surface area contributed by atoms with E-state index in [-0.39, 0.29) is 18.0 Å². The van der Waals surface area contributed by atoms with Crippen LogP contribution in [0, 0.1) is 11.8 Å². The van der Waals surface area contributed by atoms with Gasteiger partial charge in [-0.05, 0) is 38.0 Å². The third-order valence-corrected chi connectivity index (χ3v) is 4.72. The number of rotatable bonds is 5. The summed E-state index contributed by atoms with van der Waals surface area (Å²) in [5.74, 6) is -0.135. The molecule has 0 aromatic heterocycles. The first-order valence-corrected chi connectivity index (χ1v) is 7.92. The summed E-state index contributed by atoms with van der Waals surface area (Å²) in [4.78, 5) is 22.6. The van der Waals surface area contributed by atoms with Gasteiger partial charge in [0.05, 0.1) is 5.92 Å². The largest absolute Gasteiger partial charge is 0.481 e. The molecule has 2 fully saturated rings. The van der Waals surface area contributed by atoms with Gasteiger partial charge in [-0.15, -0.1) is 0 Å². The second kappa shape index (κ2) is 7.50. The molecule has 0 aliphatic heterocycles. The molecule has 5 heteroatoms. The minimum Gasteiger partial charge on any atom is -0.481 e. The predicted molar refractivity (Wildman–Crippen MR) is 76.5 cm³/mol. The zero-order valence-electron chi connectivity index (χ0n) is 12.1. The van der Waals surface area contributed by atoms with Gasteiger partial charge in [0.1, 0.15) is 0 Å². The van der Waals surface area contributed by atoms with Gasteiger partial charge in [-0.25, -0.2) is 4.79 Å². The van der Waals surface area contributed by atoms with Crippen molar-refractivity contribution in [2.24, 2.45) is 11.8 Å². The van der Waals surface area contributed by atoms with Gasteiger partial charge < -0.3 is 15.7 Å². The highest BCUT2D eigenvalue weighted by molar-refractivity contribution is 5.74. The Bertz CT molecular complexity index is 332. The summed E-state index contributed by atoms with van der Waals surface area (Å²) in [7, 11) is 0. The summed E-state index contributed by atoms with van der Waals surface area (Å²) in [5, 5.41) is 14.8. The minimum atomic E-state index is -0.704. The van der Waals surface area contributed by atoms with Crippen LogP contribution in [0.3, 0.4) is 0 Å². The molecule has 20 heavy (non-hydrogen) atoms. The van der Waals surface area contributed by atoms with Gasteiger partial charge >= 0.3 is 12.0 Å². The summed E-state index contributed by atoms with van der Waals surface area (Å²) >= 11 is 0. The lowest BCUT2D eigenvalue weighted by molar-refractivity contribution is -0.142. The second-order valence-corrected chi connectivity index (χ2v) is 6.23. The third-order valence-electron chi connectivity index (χ3n) is 4.72. The lowest BCUT2D eigenvalue weighted by atomic mass is 9.86. The number of carboxylic acids is 1. The molecule has 0 spiro atoms. The van der Waals surface area contributed by atoms with Crippen molar-refractivity contribution in [2.45, 2.75) is 63.8 Å². The molecule has 0 aromatic carbocycles. The Kier molecular flexibility index (Phi) is 5.68. The first kappa shape index (κ1) is 15.1. The van der Waals surface area contributed by atoms with Crippen molar-refractivity contribution >= 4 is 12.0 Å². The van der Waals surface area contributed by atoms with Crippen LogP contribution in [0.15, 0.2) is 0 Å². The molecule has 3 N–H and O–H groups in total. The highest BCUT2D eigenvalue weighted by atomic mass is 16.4. The number of hydrogen-bond acceptors (Lipinski definition) is 2. The van der Waals surface area contributed by atoms with Crippen LogP contribution in [0.5, 0.6) is 0 Å². The van der Waals surface area contributed by atoms with E-state index < -0.39 is 5.97 Å². The average Bonchev–Trinajstić information content (AvgIpc) is 2.92. The van der Waals surface area contributed by atoms with Gasteiger partial charge in [0.25, 0.3) is 0 Å². The molecule has 2 aliphatic carbocycles. The number of amides is 2. The molecule has 2 saturated carbocycles. The van der Waals surface area contributed by atoms with E-state index in [9.17, 15) is 9.59 Å². The molecule has 114 valence electrons. The lowest BCUT2D eigenvalue weighted by Gasteiger charge is -2.26. The van der Waals surface area contributed by atoms with Crippen LogP contribution in [0.25, 0.3) is 0 Å². The number of urea groups is 1. The Morgan fingerprint density at radius 1 is 1.00 bits per heavy atom. The Morgan fingerprint density at radius 2 is 1.65 bits per heavy atom. The minimum absolute atomic E-state index is 0.0956. The zero-order chi connectivity index (χ0) is 14.4. The van der Waals surface area contributed by atoms with Crippen molar-refractivity contribution in [3.8, 4) is 0 Å². The number of carbonyl (C=O) groups is 2. The van der Waals surface area contributed by atoms with E-state index >= 15 is 0 Å². The molecule has 2 amide bonds. The monoisotopic (exact) mass is 282 g/mol. The first-order valence-electron chi connectivity index (χ1n) is 7.92. The van der Waals surface area contributed by atoms with Gasteiger partial charge in [0, 0.05) is 12.6 Å². The maximum Gasteiger partial charge on any atom is 0.315 e. The number of nitrogens with one attached hydrogen (secondary N) is 2. The standard InChI is InChI=1S/C15H26N2O3/c18-14(19)12-5-7-13(8-6-12)17-15(20)16-10-9-11-3-1-2-4-11/h11-13H,1-10H2,(H,18,19)(H2,16,17,20). The van der Waals surface area contributed by atoms with Crippen LogP contribution in [0.1, 0.15) is 57.8 Å². The van der Waals surface area contributed by atoms with E-state index in [0.29, 0.717) is 12.8 Å². The normalized spacial score (nSPS) is 27.2. The van der Waals surface area contributed by atoms with Crippen molar-refractivity contribution in [3.05, 3.63) is 0 Å². The molecular weight excluding hydrogens is 256 g/mol. The molecule has 0 heterocycles. The highest BCUT2D eigenvalue weighted by Crippen LogP contribution is 2.27. The van der Waals surface area contributed by atoms with E-state index in [0.717, 1.165) is 31.7 Å². The molecule has 0 bridgehead atoms. The fourth-order valence-electron chi connectivity index (χ4n) is 3.41. The molecule has 2 rings (SSSR count). The number of carboxylic acid groups (broad SMARTS) is 1. The topological polar surface area (TPSA) is 78.4 Å². The fourth-order valence-corrected chi connectivity index (χ4v) is 3.41. The van der Waals surface area contributed by atoms with Crippen LogP contribution in [-0.2, 0) is 4.79 Å². The second-order valence-electron chi connectivity index (χ2n) is 6.23. The SMILES string of the molecule is O=C(NCCC1CCCC1)NC1CCC(C(=O)O)CC1. The molecule has 5 nitrogen and oxygen atoms in total. The first-order chi connectivity index (χ1) is 9.65. The van der Waals surface area contributed by atoms with Gasteiger partial charge in [-0.1, -0.05) is 25.7 Å². The van der Waals surface area contributed by atoms with E-state index in [1.54, 1.807) is 0 Å². The van der Waals surface area contributed by atoms with E-state index in [4.69, 9.17) is 5.11 Å². The summed E-state index contributed by atoms with van der Waals surface area (Å²) in [6.07, 6.45) is 9.25. The van der Waals surface area contributed by atoms with Crippen LogP contribution in [0.4, 0.5) is 4.79 Å². The summed E-state index contributed by atoms with van der Waals surface area (Å²) in [6.45, 7) is 0.751. The Balaban J connectivity index is 1.56. The third kappa shape index (κ3) is 4.69. The van der Waals surface area contributed by atoms with Crippen molar-refractivity contribution in [3.63, 3.8) is 0 Å². The molecule has 0 unspecified atom stereocenters. The summed E-state index contributed by atoms with van der Waals surface area (Å²) in [6, 6.07) is 0.0406. The smallest absolute Gasteiger partial charge is 0.315 e. The zero-order valence-corrected chi connectivity index (χ0v) is 12.1. The highest BCUT2D eigenvalue weighted by Gasteiger charge is 2.26. The molecule has 0 saturated heterocycles. The Morgan fingerprint density at radius 3 is 2.25 bits per heavy atom. The van der Waals surface area contributed by atoms with E-state index in [1.165, 1.54) is 25.7 Å². The number of hydrogen-bond donors (Lipinski definition) is 3. The molecule has 0 radical (unpaired) electrons. The van der Waals surface area contributed by atoms with Crippen LogP contribution < -0.4 is 10.6 Å². The lowest BCUT2D eigenvalue weighted by Crippen LogP contribution is -2.44. The molecule has 2 aliphatic rings. The number of carbonyl (C=O) groups excluding carboxylic acids is 1. The van der Waals surface area contributed by atoms with Crippen LogP contribution >= 0.6 is 0 Å². The van der Waals surface area contributed by atoms with Crippen molar-refractivity contribution in [1.29, 1.82) is 0 Å². The van der Waals surface area contributed by atoms with Crippen molar-refractivity contribution in [1.82, 2.24) is 10.6 Å². The van der Waals surface area contributed by atoms with Crippen molar-refractivity contribution < 1.29 is 14.7 Å². The Labute approximate surface area is 120 Å². The average molecular weight is 282 g/mol. The predicted octanol–water partition coefficient (Wildman–Crippen LogP) is 2.51. The summed E-state index contributed by atoms with van der Waals surface area (Å²) < 4.78 is 0. The van der Waals surface area contributed by atoms with Gasteiger partial charge in [0.2, 0.25) is 0 Å². The van der Waals surface area contributed by atoms with Gasteiger partial charge in [-0.3, -0.25) is 4.79 Å². The fraction of sp³-hybridized carbons (Fsp3) is 0.867.